The number of para-hydroxylation sites is 2. The molecule has 3 aromatic rings. The van der Waals surface area contributed by atoms with Gasteiger partial charge in [-0.05, 0) is 30.2 Å². The summed E-state index contributed by atoms with van der Waals surface area (Å²) >= 11 is 0. The Morgan fingerprint density at radius 3 is 2.89 bits per heavy atom. The second kappa shape index (κ2) is 5.20. The minimum Gasteiger partial charge on any atom is -0.329 e. The van der Waals surface area contributed by atoms with E-state index in [0.29, 0.717) is 0 Å². The van der Waals surface area contributed by atoms with Crippen molar-refractivity contribution in [3.63, 3.8) is 0 Å². The van der Waals surface area contributed by atoms with Crippen LogP contribution in [0.5, 0.6) is 0 Å². The van der Waals surface area contributed by atoms with Gasteiger partial charge in [0, 0.05) is 25.0 Å². The second-order valence-corrected chi connectivity index (χ2v) is 4.71. The molecule has 0 radical (unpaired) electrons. The topological polar surface area (TPSA) is 56.7 Å². The highest BCUT2D eigenvalue weighted by Gasteiger charge is 2.08. The normalized spacial score (nSPS) is 12.7. The number of fused-ring (bicyclic) bond motifs is 1. The van der Waals surface area contributed by atoms with Gasteiger partial charge < -0.3 is 10.3 Å². The quantitative estimate of drug-likeness (QED) is 0.772. The smallest absolute Gasteiger partial charge is 0.0958 e. The van der Waals surface area contributed by atoms with Gasteiger partial charge in [-0.15, -0.1) is 0 Å². The van der Waals surface area contributed by atoms with Crippen molar-refractivity contribution in [1.29, 1.82) is 0 Å². The lowest BCUT2D eigenvalue weighted by molar-refractivity contribution is 0.558. The van der Waals surface area contributed by atoms with Crippen molar-refractivity contribution in [3.8, 4) is 0 Å². The number of rotatable bonds is 4. The van der Waals surface area contributed by atoms with E-state index in [9.17, 15) is 0 Å². The van der Waals surface area contributed by atoms with Crippen LogP contribution in [0.25, 0.3) is 11.0 Å². The van der Waals surface area contributed by atoms with E-state index in [1.165, 1.54) is 5.56 Å². The van der Waals surface area contributed by atoms with Crippen molar-refractivity contribution in [3.05, 3.63) is 60.7 Å². The Morgan fingerprint density at radius 2 is 2.05 bits per heavy atom. The van der Waals surface area contributed by atoms with E-state index in [4.69, 9.17) is 5.73 Å². The molecule has 0 saturated heterocycles. The van der Waals surface area contributed by atoms with Gasteiger partial charge in [-0.3, -0.25) is 4.98 Å². The Morgan fingerprint density at radius 1 is 1.16 bits per heavy atom. The fourth-order valence-corrected chi connectivity index (χ4v) is 2.29. The lowest BCUT2D eigenvalue weighted by Crippen LogP contribution is -2.28. The van der Waals surface area contributed by atoms with Gasteiger partial charge >= 0.3 is 0 Å². The average Bonchev–Trinajstić information content (AvgIpc) is 2.83. The first-order chi connectivity index (χ1) is 9.33. The van der Waals surface area contributed by atoms with Crippen LogP contribution < -0.4 is 5.73 Å². The summed E-state index contributed by atoms with van der Waals surface area (Å²) in [6.07, 6.45) is 6.32. The van der Waals surface area contributed by atoms with Crippen LogP contribution in [0.4, 0.5) is 0 Å². The van der Waals surface area contributed by atoms with Crippen LogP contribution >= 0.6 is 0 Å². The molecule has 0 aliphatic heterocycles. The maximum atomic E-state index is 6.21. The molecule has 0 spiro atoms. The first-order valence-electron chi connectivity index (χ1n) is 6.37. The van der Waals surface area contributed by atoms with E-state index in [1.807, 2.05) is 36.8 Å². The van der Waals surface area contributed by atoms with Gasteiger partial charge in [0.15, 0.2) is 0 Å². The number of pyridine rings is 1. The monoisotopic (exact) mass is 252 g/mol. The standard InChI is InChI=1S/C15H16N4/c16-13(8-12-4-3-7-17-9-12)10-19-11-18-14-5-1-2-6-15(14)19/h1-7,9,11,13H,8,10,16H2. The zero-order valence-corrected chi connectivity index (χ0v) is 10.6. The van der Waals surface area contributed by atoms with Crippen molar-refractivity contribution < 1.29 is 0 Å². The number of aromatic nitrogens is 3. The van der Waals surface area contributed by atoms with Crippen molar-refractivity contribution in [2.75, 3.05) is 0 Å². The maximum Gasteiger partial charge on any atom is 0.0958 e. The van der Waals surface area contributed by atoms with E-state index in [-0.39, 0.29) is 6.04 Å². The Bertz CT molecular complexity index is 660. The first kappa shape index (κ1) is 11.9. The van der Waals surface area contributed by atoms with Gasteiger partial charge in [0.25, 0.3) is 0 Å². The van der Waals surface area contributed by atoms with Crippen LogP contribution in [-0.2, 0) is 13.0 Å². The third kappa shape index (κ3) is 2.63. The number of hydrogen-bond donors (Lipinski definition) is 1. The molecular weight excluding hydrogens is 236 g/mol. The highest BCUT2D eigenvalue weighted by atomic mass is 15.1. The van der Waals surface area contributed by atoms with Crippen LogP contribution in [0.1, 0.15) is 5.56 Å². The molecule has 0 bridgehead atoms. The van der Waals surface area contributed by atoms with E-state index in [0.717, 1.165) is 24.0 Å². The first-order valence-corrected chi connectivity index (χ1v) is 6.37. The molecule has 1 unspecified atom stereocenters. The predicted molar refractivity (Wildman–Crippen MR) is 75.6 cm³/mol. The van der Waals surface area contributed by atoms with E-state index < -0.39 is 0 Å². The highest BCUT2D eigenvalue weighted by molar-refractivity contribution is 5.74. The maximum absolute atomic E-state index is 6.21. The van der Waals surface area contributed by atoms with Crippen molar-refractivity contribution in [2.24, 2.45) is 5.73 Å². The molecule has 4 heteroatoms. The molecule has 2 aromatic heterocycles. The summed E-state index contributed by atoms with van der Waals surface area (Å²) in [5.74, 6) is 0. The highest BCUT2D eigenvalue weighted by Crippen LogP contribution is 2.12. The number of imidazole rings is 1. The number of benzene rings is 1. The van der Waals surface area contributed by atoms with Crippen molar-refractivity contribution in [1.82, 2.24) is 14.5 Å². The molecule has 3 rings (SSSR count). The van der Waals surface area contributed by atoms with Crippen LogP contribution in [0.15, 0.2) is 55.1 Å². The van der Waals surface area contributed by atoms with Crippen LogP contribution in [0.3, 0.4) is 0 Å². The number of nitrogens with two attached hydrogens (primary N) is 1. The molecule has 19 heavy (non-hydrogen) atoms. The Labute approximate surface area is 111 Å². The molecule has 2 N–H and O–H groups in total. The van der Waals surface area contributed by atoms with Crippen LogP contribution in [0, 0.1) is 0 Å². The van der Waals surface area contributed by atoms with Gasteiger partial charge in [-0.25, -0.2) is 4.98 Å². The van der Waals surface area contributed by atoms with Gasteiger partial charge in [0.1, 0.15) is 0 Å². The molecule has 2 heterocycles. The van der Waals surface area contributed by atoms with Crippen molar-refractivity contribution >= 4 is 11.0 Å². The molecule has 1 aromatic carbocycles. The molecule has 0 amide bonds. The Hall–Kier alpha value is -2.20. The zero-order valence-electron chi connectivity index (χ0n) is 10.6. The fraction of sp³-hybridized carbons (Fsp3) is 0.200. The molecule has 0 saturated carbocycles. The van der Waals surface area contributed by atoms with E-state index >= 15 is 0 Å². The molecule has 0 aliphatic rings. The van der Waals surface area contributed by atoms with Gasteiger partial charge in [0.05, 0.1) is 17.4 Å². The third-order valence-electron chi connectivity index (χ3n) is 3.18. The lowest BCUT2D eigenvalue weighted by atomic mass is 10.1. The lowest BCUT2D eigenvalue weighted by Gasteiger charge is -2.12. The second-order valence-electron chi connectivity index (χ2n) is 4.71. The Balaban J connectivity index is 1.74. The largest absolute Gasteiger partial charge is 0.329 e. The summed E-state index contributed by atoms with van der Waals surface area (Å²) in [7, 11) is 0. The van der Waals surface area contributed by atoms with Gasteiger partial charge in [-0.2, -0.15) is 0 Å². The summed E-state index contributed by atoms with van der Waals surface area (Å²) in [5.41, 5.74) is 9.52. The molecule has 96 valence electrons. The zero-order chi connectivity index (χ0) is 13.1. The van der Waals surface area contributed by atoms with E-state index in [1.54, 1.807) is 6.20 Å². The summed E-state index contributed by atoms with van der Waals surface area (Å²) in [6.45, 7) is 0.759. The minimum atomic E-state index is 0.0572. The Kier molecular flexibility index (Phi) is 3.25. The van der Waals surface area contributed by atoms with Gasteiger partial charge in [-0.1, -0.05) is 18.2 Å². The summed E-state index contributed by atoms with van der Waals surface area (Å²) < 4.78 is 2.11. The summed E-state index contributed by atoms with van der Waals surface area (Å²) in [6, 6.07) is 12.1. The minimum absolute atomic E-state index is 0.0572. The molecule has 0 fully saturated rings. The van der Waals surface area contributed by atoms with Crippen LogP contribution in [0.2, 0.25) is 0 Å². The molecule has 0 aliphatic carbocycles. The number of nitrogens with zero attached hydrogens (tertiary/aromatic N) is 3. The fourth-order valence-electron chi connectivity index (χ4n) is 2.29. The van der Waals surface area contributed by atoms with Crippen molar-refractivity contribution in [2.45, 2.75) is 19.0 Å². The summed E-state index contributed by atoms with van der Waals surface area (Å²) in [4.78, 5) is 8.48. The molecule has 4 nitrogen and oxygen atoms in total. The SMILES string of the molecule is NC(Cc1cccnc1)Cn1cnc2ccccc21. The average molecular weight is 252 g/mol. The van der Waals surface area contributed by atoms with Crippen LogP contribution in [-0.4, -0.2) is 20.6 Å². The third-order valence-corrected chi connectivity index (χ3v) is 3.18. The molecular formula is C15H16N4. The summed E-state index contributed by atoms with van der Waals surface area (Å²) in [5, 5.41) is 0. The van der Waals surface area contributed by atoms with Gasteiger partial charge in [0.2, 0.25) is 0 Å². The number of hydrogen-bond acceptors (Lipinski definition) is 3. The predicted octanol–water partition coefficient (Wildman–Crippen LogP) is 2.00. The van der Waals surface area contributed by atoms with E-state index in [2.05, 4.69) is 26.7 Å². The molecule has 1 atom stereocenters.